The third kappa shape index (κ3) is 2.43. The molecule has 0 aliphatic carbocycles. The minimum absolute atomic E-state index is 0.0492. The Kier molecular flexibility index (Phi) is 3.66. The number of benzene rings is 1. The lowest BCUT2D eigenvalue weighted by atomic mass is 10.2. The topological polar surface area (TPSA) is 50.1 Å². The van der Waals surface area contributed by atoms with Gasteiger partial charge in [-0.3, -0.25) is 0 Å². The van der Waals surface area contributed by atoms with E-state index in [1.807, 2.05) is 41.9 Å². The van der Waals surface area contributed by atoms with E-state index in [1.165, 1.54) is 0 Å². The summed E-state index contributed by atoms with van der Waals surface area (Å²) in [6.45, 7) is 0.485. The minimum atomic E-state index is 0.0492. The third-order valence-corrected chi connectivity index (χ3v) is 2.89. The van der Waals surface area contributed by atoms with Crippen LogP contribution >= 0.6 is 11.6 Å². The summed E-state index contributed by atoms with van der Waals surface area (Å²) in [5.41, 5.74) is 1.01. The monoisotopic (exact) mass is 251 g/mol. The first-order chi connectivity index (χ1) is 8.24. The molecule has 2 N–H and O–H groups in total. The van der Waals surface area contributed by atoms with Gasteiger partial charge in [-0.25, -0.2) is 4.98 Å². The Morgan fingerprint density at radius 2 is 2.06 bits per heavy atom. The summed E-state index contributed by atoms with van der Waals surface area (Å²) in [5.74, 6) is 1.40. The van der Waals surface area contributed by atoms with Crippen molar-refractivity contribution in [3.8, 4) is 11.4 Å². The van der Waals surface area contributed by atoms with Crippen molar-refractivity contribution >= 4 is 17.4 Å². The Labute approximate surface area is 105 Å². The predicted molar refractivity (Wildman–Crippen MR) is 69.2 cm³/mol. The molecular weight excluding hydrogens is 238 g/mol. The first-order valence-corrected chi connectivity index (χ1v) is 5.74. The smallest absolute Gasteiger partial charge is 0.164 e. The Morgan fingerprint density at radius 1 is 1.35 bits per heavy atom. The summed E-state index contributed by atoms with van der Waals surface area (Å²) in [7, 11) is 1.86. The zero-order chi connectivity index (χ0) is 12.3. The molecule has 1 aromatic heterocycles. The van der Waals surface area contributed by atoms with Crippen molar-refractivity contribution < 1.29 is 5.11 Å². The van der Waals surface area contributed by atoms with Gasteiger partial charge in [0.1, 0.15) is 5.82 Å². The van der Waals surface area contributed by atoms with E-state index < -0.39 is 0 Å². The first-order valence-electron chi connectivity index (χ1n) is 5.36. The van der Waals surface area contributed by atoms with Crippen LogP contribution in [-0.4, -0.2) is 27.8 Å². The molecule has 1 heterocycles. The van der Waals surface area contributed by atoms with Gasteiger partial charge in [-0.1, -0.05) is 41.9 Å². The summed E-state index contributed by atoms with van der Waals surface area (Å²) in [5, 5.41) is 12.3. The van der Waals surface area contributed by atoms with Gasteiger partial charge in [-0.2, -0.15) is 0 Å². The second kappa shape index (κ2) is 5.21. The Hall–Kier alpha value is -1.52. The Balaban J connectivity index is 2.36. The van der Waals surface area contributed by atoms with E-state index in [2.05, 4.69) is 10.3 Å². The van der Waals surface area contributed by atoms with Crippen LogP contribution in [-0.2, 0) is 7.05 Å². The molecule has 0 amide bonds. The molecule has 0 spiro atoms. The van der Waals surface area contributed by atoms with Gasteiger partial charge in [-0.15, -0.1) is 0 Å². The number of hydrogen-bond donors (Lipinski definition) is 2. The number of hydrogen-bond acceptors (Lipinski definition) is 3. The number of nitrogens with zero attached hydrogens (tertiary/aromatic N) is 2. The van der Waals surface area contributed by atoms with Crippen LogP contribution in [0.5, 0.6) is 0 Å². The van der Waals surface area contributed by atoms with Crippen LogP contribution in [0.4, 0.5) is 5.82 Å². The summed E-state index contributed by atoms with van der Waals surface area (Å²) < 4.78 is 1.82. The maximum absolute atomic E-state index is 8.77. The molecule has 17 heavy (non-hydrogen) atoms. The second-order valence-corrected chi connectivity index (χ2v) is 4.01. The number of nitrogens with one attached hydrogen (secondary N) is 1. The summed E-state index contributed by atoms with van der Waals surface area (Å²) in [6.07, 6.45) is 0. The van der Waals surface area contributed by atoms with E-state index in [4.69, 9.17) is 16.7 Å². The predicted octanol–water partition coefficient (Wildman–Crippen LogP) is 2.14. The quantitative estimate of drug-likeness (QED) is 0.876. The number of aliphatic hydroxyl groups is 1. The van der Waals surface area contributed by atoms with E-state index in [0.29, 0.717) is 17.5 Å². The molecule has 2 rings (SSSR count). The molecule has 0 aliphatic heterocycles. The van der Waals surface area contributed by atoms with E-state index in [0.717, 1.165) is 11.4 Å². The number of anilines is 1. The largest absolute Gasteiger partial charge is 0.395 e. The van der Waals surface area contributed by atoms with Crippen molar-refractivity contribution in [2.45, 2.75) is 0 Å². The van der Waals surface area contributed by atoms with Crippen LogP contribution < -0.4 is 5.32 Å². The lowest BCUT2D eigenvalue weighted by molar-refractivity contribution is 0.311. The van der Waals surface area contributed by atoms with Crippen LogP contribution in [0.15, 0.2) is 30.3 Å². The molecular formula is C12H14ClN3O. The van der Waals surface area contributed by atoms with Crippen molar-refractivity contribution in [2.24, 2.45) is 7.05 Å². The van der Waals surface area contributed by atoms with Gasteiger partial charge >= 0.3 is 0 Å². The van der Waals surface area contributed by atoms with Crippen LogP contribution in [0.25, 0.3) is 11.4 Å². The number of imidazole rings is 1. The number of aliphatic hydroxyl groups excluding tert-OH is 1. The second-order valence-electron chi connectivity index (χ2n) is 3.65. The molecule has 90 valence electrons. The maximum atomic E-state index is 8.77. The van der Waals surface area contributed by atoms with Crippen molar-refractivity contribution in [3.63, 3.8) is 0 Å². The Bertz CT molecular complexity index is 496. The van der Waals surface area contributed by atoms with E-state index in [-0.39, 0.29) is 6.61 Å². The van der Waals surface area contributed by atoms with E-state index in [9.17, 15) is 0 Å². The van der Waals surface area contributed by atoms with Crippen LogP contribution in [0.3, 0.4) is 0 Å². The molecule has 0 fully saturated rings. The highest BCUT2D eigenvalue weighted by Gasteiger charge is 2.13. The van der Waals surface area contributed by atoms with E-state index in [1.54, 1.807) is 0 Å². The lowest BCUT2D eigenvalue weighted by Crippen LogP contribution is -2.06. The van der Waals surface area contributed by atoms with Crippen molar-refractivity contribution in [3.05, 3.63) is 35.5 Å². The highest BCUT2D eigenvalue weighted by atomic mass is 35.5. The fourth-order valence-corrected chi connectivity index (χ4v) is 1.80. The molecule has 5 heteroatoms. The highest BCUT2D eigenvalue weighted by Crippen LogP contribution is 2.27. The molecule has 0 saturated heterocycles. The maximum Gasteiger partial charge on any atom is 0.164 e. The first kappa shape index (κ1) is 12.0. The van der Waals surface area contributed by atoms with Gasteiger partial charge < -0.3 is 15.0 Å². The lowest BCUT2D eigenvalue weighted by Gasteiger charge is -2.01. The zero-order valence-electron chi connectivity index (χ0n) is 9.52. The summed E-state index contributed by atoms with van der Waals surface area (Å²) in [6, 6.07) is 9.83. The number of halogens is 1. The molecule has 0 radical (unpaired) electrons. The normalized spacial score (nSPS) is 10.5. The molecule has 1 aromatic carbocycles. The van der Waals surface area contributed by atoms with Crippen molar-refractivity contribution in [1.82, 2.24) is 9.55 Å². The third-order valence-electron chi connectivity index (χ3n) is 2.46. The Morgan fingerprint density at radius 3 is 2.71 bits per heavy atom. The standard InChI is InChI=1S/C12H14ClN3O/c1-16-10(13)11(14-7-8-17)15-12(16)9-5-3-2-4-6-9/h2-6,14,17H,7-8H2,1H3. The fraction of sp³-hybridized carbons (Fsp3) is 0.250. The highest BCUT2D eigenvalue weighted by molar-refractivity contribution is 6.32. The van der Waals surface area contributed by atoms with Crippen LogP contribution in [0.2, 0.25) is 5.15 Å². The molecule has 0 aliphatic rings. The minimum Gasteiger partial charge on any atom is -0.395 e. The van der Waals surface area contributed by atoms with Gasteiger partial charge in [0.2, 0.25) is 0 Å². The van der Waals surface area contributed by atoms with Gasteiger partial charge in [-0.05, 0) is 0 Å². The van der Waals surface area contributed by atoms with Gasteiger partial charge in [0, 0.05) is 19.2 Å². The number of rotatable bonds is 4. The van der Waals surface area contributed by atoms with Gasteiger partial charge in [0.25, 0.3) is 0 Å². The average Bonchev–Trinajstić information content (AvgIpc) is 2.65. The molecule has 0 unspecified atom stereocenters. The van der Waals surface area contributed by atoms with E-state index >= 15 is 0 Å². The summed E-state index contributed by atoms with van der Waals surface area (Å²) >= 11 is 6.16. The molecule has 4 nitrogen and oxygen atoms in total. The molecule has 0 saturated carbocycles. The van der Waals surface area contributed by atoms with Crippen LogP contribution in [0, 0.1) is 0 Å². The van der Waals surface area contributed by atoms with Crippen molar-refractivity contribution in [1.29, 1.82) is 0 Å². The van der Waals surface area contributed by atoms with Gasteiger partial charge in [0.05, 0.1) is 6.61 Å². The van der Waals surface area contributed by atoms with Gasteiger partial charge in [0.15, 0.2) is 11.0 Å². The molecule has 2 aromatic rings. The summed E-state index contributed by atoms with van der Waals surface area (Å²) in [4.78, 5) is 4.43. The van der Waals surface area contributed by atoms with Crippen molar-refractivity contribution in [2.75, 3.05) is 18.5 Å². The van der Waals surface area contributed by atoms with Crippen LogP contribution in [0.1, 0.15) is 0 Å². The molecule has 0 atom stereocenters. The molecule has 0 bridgehead atoms. The average molecular weight is 252 g/mol. The zero-order valence-corrected chi connectivity index (χ0v) is 10.3. The SMILES string of the molecule is Cn1c(-c2ccccc2)nc(NCCO)c1Cl. The number of aromatic nitrogens is 2. The fourth-order valence-electron chi connectivity index (χ4n) is 1.61.